The van der Waals surface area contributed by atoms with Crippen molar-refractivity contribution in [3.63, 3.8) is 0 Å². The summed E-state index contributed by atoms with van der Waals surface area (Å²) in [5.74, 6) is -0.0936. The van der Waals surface area contributed by atoms with Gasteiger partial charge in [-0.1, -0.05) is 29.3 Å². The number of nitrogens with one attached hydrogen (secondary N) is 1. The van der Waals surface area contributed by atoms with Gasteiger partial charge in [-0.3, -0.25) is 4.79 Å². The smallest absolute Gasteiger partial charge is 0.353 e. The molecule has 0 aliphatic carbocycles. The maximum absolute atomic E-state index is 11.9. The summed E-state index contributed by atoms with van der Waals surface area (Å²) < 4.78 is 10.6. The number of ether oxygens (including phenoxy) is 2. The highest BCUT2D eigenvalue weighted by Gasteiger charge is 2.09. The first-order valence-corrected chi connectivity index (χ1v) is 9.90. The molecule has 3 aromatic rings. The summed E-state index contributed by atoms with van der Waals surface area (Å²) in [6.07, 6.45) is 1.46. The normalized spacial score (nSPS) is 10.7. The van der Waals surface area contributed by atoms with Gasteiger partial charge in [-0.25, -0.2) is 10.2 Å². The summed E-state index contributed by atoms with van der Waals surface area (Å²) in [7, 11) is 0. The molecule has 29 heavy (non-hydrogen) atoms. The van der Waals surface area contributed by atoms with E-state index in [9.17, 15) is 9.59 Å². The van der Waals surface area contributed by atoms with Gasteiger partial charge in [0.05, 0.1) is 11.2 Å². The van der Waals surface area contributed by atoms with Gasteiger partial charge < -0.3 is 9.47 Å². The maximum atomic E-state index is 11.9. The predicted octanol–water partition coefficient (Wildman–Crippen LogP) is 4.80. The van der Waals surface area contributed by atoms with Crippen molar-refractivity contribution in [2.45, 2.75) is 0 Å². The van der Waals surface area contributed by atoms with Crippen LogP contribution in [-0.4, -0.2) is 24.7 Å². The van der Waals surface area contributed by atoms with Crippen LogP contribution in [0.3, 0.4) is 0 Å². The van der Waals surface area contributed by atoms with E-state index < -0.39 is 11.9 Å². The minimum atomic E-state index is -0.450. The van der Waals surface area contributed by atoms with Crippen LogP contribution in [0.1, 0.15) is 15.2 Å². The molecule has 0 saturated heterocycles. The fraction of sp³-hybridized carbons (Fsp3) is 0.0500. The van der Waals surface area contributed by atoms with Crippen LogP contribution in [0.4, 0.5) is 0 Å². The largest absolute Gasteiger partial charge is 0.482 e. The van der Waals surface area contributed by atoms with E-state index in [0.29, 0.717) is 32.0 Å². The molecule has 0 aliphatic rings. The van der Waals surface area contributed by atoms with Crippen LogP contribution in [0.25, 0.3) is 0 Å². The van der Waals surface area contributed by atoms with Gasteiger partial charge in [0.15, 0.2) is 6.61 Å². The number of rotatable bonds is 7. The minimum Gasteiger partial charge on any atom is -0.482 e. The lowest BCUT2D eigenvalue weighted by molar-refractivity contribution is -0.123. The molecule has 3 rings (SSSR count). The first-order valence-electron chi connectivity index (χ1n) is 8.27. The van der Waals surface area contributed by atoms with E-state index in [1.165, 1.54) is 23.6 Å². The lowest BCUT2D eigenvalue weighted by atomic mass is 10.2. The average molecular weight is 449 g/mol. The monoisotopic (exact) mass is 448 g/mol. The second-order valence-electron chi connectivity index (χ2n) is 5.59. The lowest BCUT2D eigenvalue weighted by Gasteiger charge is -2.07. The van der Waals surface area contributed by atoms with Crippen LogP contribution < -0.4 is 14.9 Å². The predicted molar refractivity (Wildman–Crippen MR) is 113 cm³/mol. The molecular formula is C20H14Cl2N2O4S. The van der Waals surface area contributed by atoms with E-state index in [1.54, 1.807) is 53.9 Å². The summed E-state index contributed by atoms with van der Waals surface area (Å²) in [5.41, 5.74) is 3.06. The molecule has 148 valence electrons. The molecule has 0 spiro atoms. The summed E-state index contributed by atoms with van der Waals surface area (Å²) in [5, 5.41) is 6.45. The second kappa shape index (κ2) is 10.1. The highest BCUT2D eigenvalue weighted by Crippen LogP contribution is 2.27. The number of amides is 1. The molecular weight excluding hydrogens is 435 g/mol. The SMILES string of the molecule is O=C(COc1ccc(Cl)cc1Cl)NN=Cc1ccc(OC(=O)c2cccs2)cc1. The summed E-state index contributed by atoms with van der Waals surface area (Å²) in [4.78, 5) is 24.2. The topological polar surface area (TPSA) is 77.0 Å². The lowest BCUT2D eigenvalue weighted by Crippen LogP contribution is -2.24. The third kappa shape index (κ3) is 6.32. The van der Waals surface area contributed by atoms with Crippen molar-refractivity contribution < 1.29 is 19.1 Å². The highest BCUT2D eigenvalue weighted by atomic mass is 35.5. The van der Waals surface area contributed by atoms with Crippen molar-refractivity contribution in [2.24, 2.45) is 5.10 Å². The summed E-state index contributed by atoms with van der Waals surface area (Å²) in [6, 6.07) is 14.9. The zero-order valence-electron chi connectivity index (χ0n) is 14.8. The molecule has 0 unspecified atom stereocenters. The van der Waals surface area contributed by atoms with Crippen LogP contribution in [-0.2, 0) is 4.79 Å². The first-order chi connectivity index (χ1) is 14.0. The van der Waals surface area contributed by atoms with Gasteiger partial charge >= 0.3 is 5.97 Å². The van der Waals surface area contributed by atoms with Crippen LogP contribution in [0.5, 0.6) is 11.5 Å². The van der Waals surface area contributed by atoms with Crippen LogP contribution in [0, 0.1) is 0 Å². The molecule has 2 aromatic carbocycles. The summed E-state index contributed by atoms with van der Waals surface area (Å²) >= 11 is 13.1. The fourth-order valence-electron chi connectivity index (χ4n) is 2.12. The summed E-state index contributed by atoms with van der Waals surface area (Å²) in [6.45, 7) is -0.254. The Hall–Kier alpha value is -2.87. The van der Waals surface area contributed by atoms with Gasteiger partial charge in [-0.15, -0.1) is 11.3 Å². The molecule has 1 heterocycles. The molecule has 1 aromatic heterocycles. The van der Waals surface area contributed by atoms with E-state index in [-0.39, 0.29) is 6.61 Å². The van der Waals surface area contributed by atoms with Gasteiger partial charge in [0.1, 0.15) is 16.4 Å². The first kappa shape index (κ1) is 20.9. The number of hydrogen-bond acceptors (Lipinski definition) is 6. The number of nitrogens with zero attached hydrogens (tertiary/aromatic N) is 1. The van der Waals surface area contributed by atoms with Gasteiger partial charge in [-0.2, -0.15) is 5.10 Å². The minimum absolute atomic E-state index is 0.254. The molecule has 0 aliphatic heterocycles. The number of carbonyl (C=O) groups excluding carboxylic acids is 2. The Labute approximate surface area is 180 Å². The van der Waals surface area contributed by atoms with E-state index in [0.717, 1.165) is 0 Å². The van der Waals surface area contributed by atoms with Crippen molar-refractivity contribution in [3.05, 3.63) is 80.5 Å². The fourth-order valence-corrected chi connectivity index (χ4v) is 3.18. The quantitative estimate of drug-likeness (QED) is 0.243. The number of hydrazone groups is 1. The van der Waals surface area contributed by atoms with Crippen molar-refractivity contribution in [1.29, 1.82) is 0 Å². The number of benzene rings is 2. The molecule has 6 nitrogen and oxygen atoms in total. The van der Waals surface area contributed by atoms with Gasteiger partial charge in [0.25, 0.3) is 5.91 Å². The zero-order valence-corrected chi connectivity index (χ0v) is 17.1. The highest BCUT2D eigenvalue weighted by molar-refractivity contribution is 7.12. The number of hydrogen-bond donors (Lipinski definition) is 1. The number of halogens is 2. The Morgan fingerprint density at radius 1 is 1.10 bits per heavy atom. The van der Waals surface area contributed by atoms with Crippen LogP contribution >= 0.6 is 34.5 Å². The Bertz CT molecular complexity index is 1020. The standard InChI is InChI=1S/C20H14Cl2N2O4S/c21-14-5-8-17(16(22)10-14)27-12-19(25)24-23-11-13-3-6-15(7-4-13)28-20(26)18-2-1-9-29-18/h1-11H,12H2,(H,24,25). The third-order valence-electron chi connectivity index (χ3n) is 3.47. The van der Waals surface area contributed by atoms with Crippen LogP contribution in [0.2, 0.25) is 10.0 Å². The molecule has 1 amide bonds. The van der Waals surface area contributed by atoms with E-state index in [4.69, 9.17) is 32.7 Å². The van der Waals surface area contributed by atoms with E-state index in [1.807, 2.05) is 0 Å². The number of carbonyl (C=O) groups is 2. The Kier molecular flexibility index (Phi) is 7.24. The molecule has 0 atom stereocenters. The van der Waals surface area contributed by atoms with Gasteiger partial charge in [0, 0.05) is 5.02 Å². The molecule has 9 heteroatoms. The molecule has 0 saturated carbocycles. The van der Waals surface area contributed by atoms with Crippen molar-refractivity contribution in [2.75, 3.05) is 6.61 Å². The average Bonchev–Trinajstić information content (AvgIpc) is 3.24. The van der Waals surface area contributed by atoms with E-state index in [2.05, 4.69) is 10.5 Å². The van der Waals surface area contributed by atoms with Gasteiger partial charge in [0.2, 0.25) is 0 Å². The Morgan fingerprint density at radius 2 is 1.90 bits per heavy atom. The second-order valence-corrected chi connectivity index (χ2v) is 7.38. The van der Waals surface area contributed by atoms with Crippen molar-refractivity contribution in [1.82, 2.24) is 5.43 Å². The van der Waals surface area contributed by atoms with Crippen LogP contribution in [0.15, 0.2) is 65.1 Å². The molecule has 0 radical (unpaired) electrons. The maximum Gasteiger partial charge on any atom is 0.353 e. The Balaban J connectivity index is 1.46. The van der Waals surface area contributed by atoms with E-state index >= 15 is 0 Å². The van der Waals surface area contributed by atoms with Crippen molar-refractivity contribution in [3.8, 4) is 11.5 Å². The van der Waals surface area contributed by atoms with Crippen molar-refractivity contribution >= 4 is 52.6 Å². The number of esters is 1. The zero-order chi connectivity index (χ0) is 20.6. The van der Waals surface area contributed by atoms with Gasteiger partial charge in [-0.05, 0) is 59.5 Å². The third-order valence-corrected chi connectivity index (χ3v) is 4.85. The molecule has 0 fully saturated rings. The molecule has 0 bridgehead atoms. The number of thiophene rings is 1. The Morgan fingerprint density at radius 3 is 2.59 bits per heavy atom. The molecule has 1 N–H and O–H groups in total.